The highest BCUT2D eigenvalue weighted by Crippen LogP contribution is 2.47. The van der Waals surface area contributed by atoms with Gasteiger partial charge in [-0.3, -0.25) is 0 Å². The van der Waals surface area contributed by atoms with E-state index in [2.05, 4.69) is 109 Å². The fourth-order valence-corrected chi connectivity index (χ4v) is 4.63. The summed E-state index contributed by atoms with van der Waals surface area (Å²) in [7, 11) is 0. The Balaban J connectivity index is 1.47. The van der Waals surface area contributed by atoms with E-state index in [1.54, 1.807) is 0 Å². The Labute approximate surface area is 165 Å². The maximum atomic E-state index is 2.30. The summed E-state index contributed by atoms with van der Waals surface area (Å²) in [5, 5.41) is 0. The molecule has 0 saturated heterocycles. The number of benzene rings is 4. The summed E-state index contributed by atoms with van der Waals surface area (Å²) in [4.78, 5) is 0. The number of hydrogen-bond donors (Lipinski definition) is 0. The van der Waals surface area contributed by atoms with Gasteiger partial charge in [0.1, 0.15) is 0 Å². The summed E-state index contributed by atoms with van der Waals surface area (Å²) in [6.07, 6.45) is 4.61. The van der Waals surface area contributed by atoms with E-state index in [0.29, 0.717) is 0 Å². The van der Waals surface area contributed by atoms with Crippen molar-refractivity contribution in [1.82, 2.24) is 0 Å². The fraction of sp³-hybridized carbons (Fsp3) is 0. The second-order valence-electron chi connectivity index (χ2n) is 7.34. The van der Waals surface area contributed by atoms with E-state index in [-0.39, 0.29) is 0 Å². The van der Waals surface area contributed by atoms with Crippen molar-refractivity contribution in [2.24, 2.45) is 0 Å². The van der Waals surface area contributed by atoms with Gasteiger partial charge in [-0.1, -0.05) is 0 Å². The van der Waals surface area contributed by atoms with Crippen LogP contribution in [0.25, 0.3) is 22.3 Å². The highest BCUT2D eigenvalue weighted by atomic mass is 14.3. The van der Waals surface area contributed by atoms with Gasteiger partial charge in [0.2, 0.25) is 0 Å². The van der Waals surface area contributed by atoms with Crippen LogP contribution in [0, 0.1) is 11.8 Å². The molecule has 2 aliphatic rings. The van der Waals surface area contributed by atoms with Crippen molar-refractivity contribution in [3.8, 4) is 22.3 Å². The maximum absolute atomic E-state index is 2.30. The molecule has 0 bridgehead atoms. The molecule has 0 spiro atoms. The highest BCUT2D eigenvalue weighted by molar-refractivity contribution is 5.88. The first-order valence-electron chi connectivity index (χ1n) is 9.72. The molecule has 4 aromatic rings. The zero-order valence-corrected chi connectivity index (χ0v) is 15.4. The number of fused-ring (bicyclic) bond motifs is 6. The summed E-state index contributed by atoms with van der Waals surface area (Å²) >= 11 is 0. The predicted octanol–water partition coefficient (Wildman–Crippen LogP) is 6.85. The molecule has 0 N–H and O–H groups in total. The van der Waals surface area contributed by atoms with Crippen molar-refractivity contribution < 1.29 is 0 Å². The van der Waals surface area contributed by atoms with Crippen LogP contribution in [0.3, 0.4) is 0 Å². The highest BCUT2D eigenvalue weighted by Gasteiger charge is 2.37. The van der Waals surface area contributed by atoms with Crippen LogP contribution < -0.4 is 0 Å². The summed E-state index contributed by atoms with van der Waals surface area (Å²) in [5.74, 6) is 2.61. The maximum Gasteiger partial charge on any atom is 0.0903 e. The monoisotopic (exact) mass is 354 g/mol. The molecule has 0 aliphatic heterocycles. The summed E-state index contributed by atoms with van der Waals surface area (Å²) in [5.41, 5.74) is 10.6. The summed E-state index contributed by atoms with van der Waals surface area (Å²) in [6, 6.07) is 34.9. The quantitative estimate of drug-likeness (QED) is 0.345. The Morgan fingerprint density at radius 2 is 0.607 bits per heavy atom. The first-order valence-corrected chi connectivity index (χ1v) is 9.72. The third-order valence-corrected chi connectivity index (χ3v) is 5.87. The van der Waals surface area contributed by atoms with E-state index >= 15 is 0 Å². The van der Waals surface area contributed by atoms with E-state index < -0.39 is 0 Å². The Hall–Kier alpha value is -3.64. The van der Waals surface area contributed by atoms with Crippen LogP contribution >= 0.6 is 0 Å². The van der Waals surface area contributed by atoms with Gasteiger partial charge in [-0.25, -0.2) is 0 Å². The molecule has 0 nitrogen and oxygen atoms in total. The van der Waals surface area contributed by atoms with Crippen molar-refractivity contribution in [3.63, 3.8) is 0 Å². The van der Waals surface area contributed by atoms with E-state index in [0.717, 1.165) is 0 Å². The molecule has 4 aromatic carbocycles. The molecule has 2 aliphatic carbocycles. The number of hydrogen-bond acceptors (Lipinski definition) is 0. The topological polar surface area (TPSA) is 0 Å². The third-order valence-electron chi connectivity index (χ3n) is 5.87. The van der Waals surface area contributed by atoms with E-state index in [4.69, 9.17) is 0 Å². The first kappa shape index (κ1) is 15.4. The zero-order chi connectivity index (χ0) is 18.5. The fourth-order valence-electron chi connectivity index (χ4n) is 4.63. The van der Waals surface area contributed by atoms with Crippen LogP contribution in [0.5, 0.6) is 0 Å². The molecule has 0 unspecified atom stereocenters. The Bertz CT molecular complexity index is 1040. The second-order valence-corrected chi connectivity index (χ2v) is 7.34. The molecule has 0 saturated carbocycles. The van der Waals surface area contributed by atoms with Gasteiger partial charge < -0.3 is 0 Å². The summed E-state index contributed by atoms with van der Waals surface area (Å²) < 4.78 is 0. The summed E-state index contributed by atoms with van der Waals surface area (Å²) in [6.45, 7) is 0. The number of rotatable bonds is 2. The predicted molar refractivity (Wildman–Crippen MR) is 116 cm³/mol. The minimum absolute atomic E-state index is 1.31. The molecule has 6 rings (SSSR count). The van der Waals surface area contributed by atoms with Crippen LogP contribution in [0.1, 0.15) is 22.3 Å². The smallest absolute Gasteiger partial charge is 0.0480 e. The van der Waals surface area contributed by atoms with Gasteiger partial charge in [-0.15, -0.1) is 0 Å². The van der Waals surface area contributed by atoms with Gasteiger partial charge in [-0.2, -0.15) is 0 Å². The molecule has 0 heterocycles. The van der Waals surface area contributed by atoms with E-state index in [9.17, 15) is 0 Å². The van der Waals surface area contributed by atoms with Gasteiger partial charge in [0.25, 0.3) is 0 Å². The first-order chi connectivity index (χ1) is 13.9. The van der Waals surface area contributed by atoms with E-state index in [1.165, 1.54) is 56.3 Å². The van der Waals surface area contributed by atoms with Crippen molar-refractivity contribution in [2.45, 2.75) is 0 Å². The Kier molecular flexibility index (Phi) is 3.27. The van der Waals surface area contributed by atoms with Crippen molar-refractivity contribution in [3.05, 3.63) is 143 Å². The molecule has 0 heteroatoms. The third kappa shape index (κ3) is 2.12. The molecule has 128 valence electrons. The molecule has 0 radical (unpaired) electrons. The zero-order valence-electron chi connectivity index (χ0n) is 15.4. The normalized spacial score (nSPS) is 13.4. The largest absolute Gasteiger partial charge is 0.0903 e. The molecule has 0 atom stereocenters. The van der Waals surface area contributed by atoms with Crippen LogP contribution in [0.2, 0.25) is 0 Å². The molecular weight excluding hydrogens is 336 g/mol. The van der Waals surface area contributed by atoms with Gasteiger partial charge in [0.15, 0.2) is 0 Å². The molecular formula is C28H18+2. The van der Waals surface area contributed by atoms with Gasteiger partial charge in [-0.05, 0) is 97.1 Å². The molecule has 28 heavy (non-hydrogen) atoms. The van der Waals surface area contributed by atoms with Crippen molar-refractivity contribution in [1.29, 1.82) is 0 Å². The van der Waals surface area contributed by atoms with Crippen molar-refractivity contribution >= 4 is 0 Å². The van der Waals surface area contributed by atoms with Gasteiger partial charge in [0.05, 0.1) is 56.3 Å². The van der Waals surface area contributed by atoms with Gasteiger partial charge >= 0.3 is 0 Å². The molecule has 0 amide bonds. The lowest BCUT2D eigenvalue weighted by molar-refractivity contribution is 1.31. The van der Waals surface area contributed by atoms with Crippen LogP contribution in [-0.4, -0.2) is 0 Å². The minimum atomic E-state index is 1.31. The van der Waals surface area contributed by atoms with Crippen LogP contribution in [-0.2, 0) is 0 Å². The molecule has 0 fully saturated rings. The van der Waals surface area contributed by atoms with Gasteiger partial charge in [0, 0.05) is 12.2 Å². The average molecular weight is 354 g/mol. The average Bonchev–Trinajstić information content (AvgIpc) is 3.26. The van der Waals surface area contributed by atoms with Crippen LogP contribution in [0.15, 0.2) is 109 Å². The van der Waals surface area contributed by atoms with Crippen molar-refractivity contribution in [2.75, 3.05) is 0 Å². The Morgan fingerprint density at radius 1 is 0.357 bits per heavy atom. The lowest BCUT2D eigenvalue weighted by Crippen LogP contribution is -1.97. The lowest BCUT2D eigenvalue weighted by atomic mass is 9.91. The van der Waals surface area contributed by atoms with Crippen LogP contribution in [0.4, 0.5) is 0 Å². The Morgan fingerprint density at radius 3 is 0.893 bits per heavy atom. The lowest BCUT2D eigenvalue weighted by Gasteiger charge is -2.03. The standard InChI is InChI=1S/C28H18/c1-5-13-23-19(9-1)20-10-2-6-14-24(20)27(23)17-18-28-25-15-7-3-11-21(25)22-12-4-8-16-26(22)28/h1-18H/q+2/b18-17+. The second kappa shape index (κ2) is 5.94. The molecule has 0 aromatic heterocycles. The SMILES string of the molecule is C(=C\[C+]1c2ccccc2-c2ccccc21)/[C+]1c2ccccc2-c2ccccc21. The van der Waals surface area contributed by atoms with E-state index in [1.807, 2.05) is 0 Å². The minimum Gasteiger partial charge on any atom is -0.0480 e. The number of allylic oxidation sites excluding steroid dienone is 2.